The van der Waals surface area contributed by atoms with E-state index in [1.54, 1.807) is 19.1 Å². The fourth-order valence-corrected chi connectivity index (χ4v) is 4.94. The lowest BCUT2D eigenvalue weighted by Crippen LogP contribution is -2.46. The van der Waals surface area contributed by atoms with Crippen molar-refractivity contribution in [2.45, 2.75) is 32.4 Å². The summed E-state index contributed by atoms with van der Waals surface area (Å²) in [4.78, 5) is 30.3. The smallest absolute Gasteiger partial charge is 0.331 e. The fraction of sp³-hybridized carbons (Fsp3) is 0.421. The highest BCUT2D eigenvalue weighted by atomic mass is 32.2. The monoisotopic (exact) mass is 406 g/mol. The lowest BCUT2D eigenvalue weighted by atomic mass is 10.2. The van der Waals surface area contributed by atoms with Crippen LogP contribution in [-0.4, -0.2) is 60.4 Å². The molecule has 1 aromatic carbocycles. The van der Waals surface area contributed by atoms with Crippen molar-refractivity contribution >= 4 is 38.9 Å². The molecule has 150 valence electrons. The maximum atomic E-state index is 12.6. The zero-order valence-corrected chi connectivity index (χ0v) is 16.5. The van der Waals surface area contributed by atoms with Gasteiger partial charge in [-0.05, 0) is 32.4 Å². The largest absolute Gasteiger partial charge is 0.449 e. The van der Waals surface area contributed by atoms with Crippen molar-refractivity contribution in [3.05, 3.63) is 36.2 Å². The van der Waals surface area contributed by atoms with E-state index in [9.17, 15) is 18.0 Å². The second-order valence-corrected chi connectivity index (χ2v) is 8.84. The van der Waals surface area contributed by atoms with Gasteiger partial charge in [0, 0.05) is 24.7 Å². The Hall–Kier alpha value is -2.68. The van der Waals surface area contributed by atoms with E-state index in [1.807, 2.05) is 12.1 Å². The van der Waals surface area contributed by atoms with Gasteiger partial charge >= 0.3 is 5.97 Å². The molecule has 0 N–H and O–H groups in total. The number of rotatable bonds is 6. The van der Waals surface area contributed by atoms with Crippen LogP contribution in [0.1, 0.15) is 26.2 Å². The van der Waals surface area contributed by atoms with Gasteiger partial charge in [-0.1, -0.05) is 12.1 Å². The van der Waals surface area contributed by atoms with Gasteiger partial charge in [0.1, 0.15) is 5.52 Å². The van der Waals surface area contributed by atoms with Gasteiger partial charge in [-0.2, -0.15) is 0 Å². The molecule has 2 atom stereocenters. The van der Waals surface area contributed by atoms with E-state index in [4.69, 9.17) is 9.15 Å². The van der Waals surface area contributed by atoms with E-state index in [-0.39, 0.29) is 23.4 Å². The third kappa shape index (κ3) is 4.59. The van der Waals surface area contributed by atoms with Crippen LogP contribution in [0.15, 0.2) is 34.8 Å². The number of hydrogen-bond acceptors (Lipinski definition) is 7. The van der Waals surface area contributed by atoms with Crippen molar-refractivity contribution in [3.63, 3.8) is 0 Å². The number of ether oxygens (including phenoxy) is 1. The fourth-order valence-electron chi connectivity index (χ4n) is 3.21. The Bertz CT molecular complexity index is 977. The minimum atomic E-state index is -3.11. The van der Waals surface area contributed by atoms with E-state index in [0.717, 1.165) is 6.08 Å². The quantitative estimate of drug-likeness (QED) is 0.532. The molecule has 1 aliphatic rings. The van der Waals surface area contributed by atoms with E-state index >= 15 is 0 Å². The molecule has 1 saturated heterocycles. The molecule has 0 unspecified atom stereocenters. The van der Waals surface area contributed by atoms with Gasteiger partial charge in [-0.15, -0.1) is 0 Å². The summed E-state index contributed by atoms with van der Waals surface area (Å²) in [7, 11) is -3.11. The molecule has 1 aliphatic heterocycles. The summed E-state index contributed by atoms with van der Waals surface area (Å²) in [5.41, 5.74) is 1.27. The number of aromatic nitrogens is 1. The minimum Gasteiger partial charge on any atom is -0.449 e. The van der Waals surface area contributed by atoms with Crippen molar-refractivity contribution in [1.82, 2.24) is 9.88 Å². The maximum Gasteiger partial charge on any atom is 0.331 e. The van der Waals surface area contributed by atoms with Gasteiger partial charge < -0.3 is 14.1 Å². The molecule has 28 heavy (non-hydrogen) atoms. The first-order valence-electron chi connectivity index (χ1n) is 9.04. The highest BCUT2D eigenvalue weighted by Gasteiger charge is 2.36. The number of nitrogens with zero attached hydrogens (tertiary/aromatic N) is 2. The lowest BCUT2D eigenvalue weighted by Gasteiger charge is -2.29. The number of sulfone groups is 1. The van der Waals surface area contributed by atoms with Crippen LogP contribution < -0.4 is 0 Å². The SMILES string of the molecule is CCN(C(=O)[C@@H](C)OC(=O)/C=C/c1nc2ccccc2o1)[C@@H]1CCS(=O)(=O)C1. The van der Waals surface area contributed by atoms with Crippen LogP contribution in [0.25, 0.3) is 17.2 Å². The van der Waals surface area contributed by atoms with Gasteiger partial charge in [0.2, 0.25) is 5.89 Å². The Morgan fingerprint density at radius 2 is 2.14 bits per heavy atom. The summed E-state index contributed by atoms with van der Waals surface area (Å²) in [5.74, 6) is -0.844. The number of carbonyl (C=O) groups is 2. The van der Waals surface area contributed by atoms with Crippen LogP contribution in [0.2, 0.25) is 0 Å². The Morgan fingerprint density at radius 1 is 1.39 bits per heavy atom. The molecule has 1 fully saturated rings. The number of benzene rings is 1. The van der Waals surface area contributed by atoms with Crippen molar-refractivity contribution in [2.24, 2.45) is 0 Å². The van der Waals surface area contributed by atoms with Crippen LogP contribution in [0, 0.1) is 0 Å². The molecule has 9 heteroatoms. The molecule has 0 bridgehead atoms. The molecule has 0 spiro atoms. The Morgan fingerprint density at radius 3 is 2.79 bits per heavy atom. The van der Waals surface area contributed by atoms with Crippen LogP contribution in [0.4, 0.5) is 0 Å². The second kappa shape index (κ2) is 8.14. The van der Waals surface area contributed by atoms with Crippen molar-refractivity contribution in [2.75, 3.05) is 18.1 Å². The Balaban J connectivity index is 1.60. The highest BCUT2D eigenvalue weighted by Crippen LogP contribution is 2.19. The van der Waals surface area contributed by atoms with E-state index in [1.165, 1.54) is 17.9 Å². The number of likely N-dealkylation sites (N-methyl/N-ethyl adjacent to an activating group) is 1. The Labute approximate surface area is 163 Å². The summed E-state index contributed by atoms with van der Waals surface area (Å²) in [6, 6.07) is 6.82. The van der Waals surface area contributed by atoms with E-state index in [0.29, 0.717) is 24.1 Å². The number of hydrogen-bond donors (Lipinski definition) is 0. The van der Waals surface area contributed by atoms with Crippen molar-refractivity contribution in [1.29, 1.82) is 0 Å². The number of carbonyl (C=O) groups excluding carboxylic acids is 2. The standard InChI is InChI=1S/C19H22N2O6S/c1-3-21(14-10-11-28(24,25)12-14)19(23)13(2)26-18(22)9-8-17-20-15-6-4-5-7-16(15)27-17/h4-9,13-14H,3,10-12H2,1-2H3/b9-8+/t13-,14-/m1/s1. The first-order valence-corrected chi connectivity index (χ1v) is 10.9. The van der Waals surface area contributed by atoms with Crippen LogP contribution >= 0.6 is 0 Å². The predicted molar refractivity (Wildman–Crippen MR) is 103 cm³/mol. The van der Waals surface area contributed by atoms with Gasteiger partial charge in [-0.3, -0.25) is 4.79 Å². The highest BCUT2D eigenvalue weighted by molar-refractivity contribution is 7.91. The first-order chi connectivity index (χ1) is 13.3. The number of fused-ring (bicyclic) bond motifs is 1. The van der Waals surface area contributed by atoms with Crippen LogP contribution in [0.5, 0.6) is 0 Å². The summed E-state index contributed by atoms with van der Waals surface area (Å²) < 4.78 is 34.0. The molecule has 8 nitrogen and oxygen atoms in total. The van der Waals surface area contributed by atoms with Crippen molar-refractivity contribution < 1.29 is 27.2 Å². The van der Waals surface area contributed by atoms with Crippen LogP contribution in [0.3, 0.4) is 0 Å². The van der Waals surface area contributed by atoms with Crippen LogP contribution in [-0.2, 0) is 24.2 Å². The summed E-state index contributed by atoms with van der Waals surface area (Å²) in [6.45, 7) is 3.59. The third-order valence-corrected chi connectivity index (χ3v) is 6.34. The van der Waals surface area contributed by atoms with Gasteiger partial charge in [-0.25, -0.2) is 18.2 Å². The zero-order valence-electron chi connectivity index (χ0n) is 15.7. The Kier molecular flexibility index (Phi) is 5.83. The predicted octanol–water partition coefficient (Wildman–Crippen LogP) is 1.81. The molecular formula is C19H22N2O6S. The summed E-state index contributed by atoms with van der Waals surface area (Å²) >= 11 is 0. The molecule has 0 saturated carbocycles. The van der Waals surface area contributed by atoms with Gasteiger partial charge in [0.05, 0.1) is 11.5 Å². The minimum absolute atomic E-state index is 0.0507. The molecule has 1 aromatic heterocycles. The molecule has 3 rings (SSSR count). The summed E-state index contributed by atoms with van der Waals surface area (Å²) in [5, 5.41) is 0. The summed E-state index contributed by atoms with van der Waals surface area (Å²) in [6.07, 6.45) is 1.90. The molecule has 2 aromatic rings. The normalized spacial score (nSPS) is 19.7. The number of amides is 1. The van der Waals surface area contributed by atoms with Gasteiger partial charge in [0.25, 0.3) is 5.91 Å². The van der Waals surface area contributed by atoms with Crippen molar-refractivity contribution in [3.8, 4) is 0 Å². The third-order valence-electron chi connectivity index (χ3n) is 4.59. The average molecular weight is 406 g/mol. The maximum absolute atomic E-state index is 12.6. The van der Waals surface area contributed by atoms with E-state index in [2.05, 4.69) is 4.98 Å². The molecule has 1 amide bonds. The molecular weight excluding hydrogens is 384 g/mol. The van der Waals surface area contributed by atoms with Gasteiger partial charge in [0.15, 0.2) is 21.5 Å². The zero-order chi connectivity index (χ0) is 20.3. The number of esters is 1. The number of oxazole rings is 1. The van der Waals surface area contributed by atoms with E-state index < -0.39 is 27.8 Å². The lowest BCUT2D eigenvalue weighted by molar-refractivity contribution is -0.156. The first kappa shape index (κ1) is 20.1. The molecule has 0 radical (unpaired) electrons. The number of para-hydroxylation sites is 2. The molecule has 2 heterocycles. The topological polar surface area (TPSA) is 107 Å². The average Bonchev–Trinajstić information content (AvgIpc) is 3.23. The molecule has 0 aliphatic carbocycles. The second-order valence-electron chi connectivity index (χ2n) is 6.61.